The molecule has 0 radical (unpaired) electrons. The lowest BCUT2D eigenvalue weighted by Crippen LogP contribution is -1.69. The maximum Gasteiger partial charge on any atom is 0.218 e. The number of rotatable bonds is 1. The van der Waals surface area contributed by atoms with Gasteiger partial charge in [0.1, 0.15) is 0 Å². The molecule has 2 aromatic rings. The van der Waals surface area contributed by atoms with E-state index >= 15 is 0 Å². The Morgan fingerprint density at radius 2 is 2.23 bits per heavy atom. The van der Waals surface area contributed by atoms with Crippen molar-refractivity contribution in [3.05, 3.63) is 21.8 Å². The molecule has 0 aliphatic rings. The zero-order chi connectivity index (χ0) is 9.42. The molecule has 0 bridgehead atoms. The summed E-state index contributed by atoms with van der Waals surface area (Å²) < 4.78 is 1.05. The van der Waals surface area contributed by atoms with Crippen LogP contribution in [0.4, 0.5) is 5.69 Å². The van der Waals surface area contributed by atoms with E-state index in [2.05, 4.69) is 32.7 Å². The molecule has 0 unspecified atom stereocenters. The van der Waals surface area contributed by atoms with Crippen molar-refractivity contribution in [3.8, 4) is 5.88 Å². The first-order valence-corrected chi connectivity index (χ1v) is 4.68. The van der Waals surface area contributed by atoms with Crippen LogP contribution in [-0.4, -0.2) is 10.1 Å². The van der Waals surface area contributed by atoms with Gasteiger partial charge in [0, 0.05) is 8.96 Å². The number of fused-ring (bicyclic) bond motifs is 1. The van der Waals surface area contributed by atoms with E-state index in [9.17, 15) is 5.11 Å². The third-order valence-corrected chi connectivity index (χ3v) is 2.50. The topological polar surface area (TPSA) is 72.2 Å². The predicted octanol–water partition coefficient (Wildman–Crippen LogP) is 3.14. The van der Waals surface area contributed by atoms with Crippen molar-refractivity contribution < 1.29 is 5.11 Å². The van der Waals surface area contributed by atoms with Gasteiger partial charge >= 0.3 is 0 Å². The van der Waals surface area contributed by atoms with Crippen LogP contribution in [0.15, 0.2) is 23.3 Å². The number of aromatic hydroxyl groups is 1. The molecule has 0 atom stereocenters. The zero-order valence-corrected chi connectivity index (χ0v) is 8.66. The van der Waals surface area contributed by atoms with Gasteiger partial charge in [0.15, 0.2) is 5.69 Å². The molecule has 0 amide bonds. The Morgan fingerprint density at radius 3 is 2.92 bits per heavy atom. The van der Waals surface area contributed by atoms with Gasteiger partial charge in [-0.1, -0.05) is 0 Å². The number of nitrogens with one attached hydrogen (secondary N) is 2. The van der Waals surface area contributed by atoms with Crippen molar-refractivity contribution in [2.24, 2.45) is 5.11 Å². The molecule has 0 aliphatic heterocycles. The van der Waals surface area contributed by atoms with Gasteiger partial charge < -0.3 is 10.1 Å². The fourth-order valence-electron chi connectivity index (χ4n) is 1.25. The standard InChI is InChI=1S/C8H6IN3O/c9-4-1-2-6-5(3-4)7(12-10)8(13)11-6/h1-3,10-11,13H. The van der Waals surface area contributed by atoms with Crippen molar-refractivity contribution in [1.29, 1.82) is 5.53 Å². The summed E-state index contributed by atoms with van der Waals surface area (Å²) in [5.74, 6) is -0.0491. The van der Waals surface area contributed by atoms with Gasteiger partial charge in [-0.05, 0) is 40.8 Å². The van der Waals surface area contributed by atoms with Crippen LogP contribution in [0.1, 0.15) is 0 Å². The summed E-state index contributed by atoms with van der Waals surface area (Å²) in [5, 5.41) is 13.4. The molecule has 1 aromatic heterocycles. The van der Waals surface area contributed by atoms with Crippen molar-refractivity contribution in [2.45, 2.75) is 0 Å². The van der Waals surface area contributed by atoms with Crippen molar-refractivity contribution >= 4 is 39.2 Å². The molecule has 0 aliphatic carbocycles. The summed E-state index contributed by atoms with van der Waals surface area (Å²) in [6.07, 6.45) is 0. The Morgan fingerprint density at radius 1 is 1.46 bits per heavy atom. The van der Waals surface area contributed by atoms with Crippen LogP contribution >= 0.6 is 22.6 Å². The fourth-order valence-corrected chi connectivity index (χ4v) is 1.74. The average Bonchev–Trinajstić information content (AvgIpc) is 2.40. The summed E-state index contributed by atoms with van der Waals surface area (Å²) in [4.78, 5) is 2.74. The van der Waals surface area contributed by atoms with E-state index < -0.39 is 0 Å². The van der Waals surface area contributed by atoms with Gasteiger partial charge in [0.05, 0.1) is 5.52 Å². The first kappa shape index (κ1) is 8.49. The zero-order valence-electron chi connectivity index (χ0n) is 6.50. The van der Waals surface area contributed by atoms with Crippen molar-refractivity contribution in [2.75, 3.05) is 0 Å². The molecule has 0 saturated carbocycles. The van der Waals surface area contributed by atoms with Crippen LogP contribution in [0.25, 0.3) is 10.9 Å². The van der Waals surface area contributed by atoms with Gasteiger partial charge in [-0.15, -0.1) is 0 Å². The van der Waals surface area contributed by atoms with Crippen LogP contribution in [0.2, 0.25) is 0 Å². The molecular formula is C8H6IN3O. The third-order valence-electron chi connectivity index (χ3n) is 1.83. The molecule has 0 fully saturated rings. The van der Waals surface area contributed by atoms with Crippen LogP contribution in [0.5, 0.6) is 5.88 Å². The van der Waals surface area contributed by atoms with Gasteiger partial charge in [0.2, 0.25) is 5.88 Å². The minimum atomic E-state index is -0.0491. The minimum Gasteiger partial charge on any atom is -0.493 e. The highest BCUT2D eigenvalue weighted by molar-refractivity contribution is 14.1. The number of H-pyrrole nitrogens is 1. The molecular weight excluding hydrogens is 281 g/mol. The van der Waals surface area contributed by atoms with Crippen molar-refractivity contribution in [3.63, 3.8) is 0 Å². The van der Waals surface area contributed by atoms with E-state index in [1.54, 1.807) is 0 Å². The SMILES string of the molecule is N=Nc1c(O)[nH]c2ccc(I)cc12. The molecule has 5 heteroatoms. The van der Waals surface area contributed by atoms with Gasteiger partial charge in [-0.2, -0.15) is 5.11 Å². The highest BCUT2D eigenvalue weighted by Gasteiger charge is 2.09. The number of halogens is 1. The largest absolute Gasteiger partial charge is 0.493 e. The second-order valence-corrected chi connectivity index (χ2v) is 3.87. The highest BCUT2D eigenvalue weighted by atomic mass is 127. The van der Waals surface area contributed by atoms with Crippen LogP contribution in [0.3, 0.4) is 0 Å². The number of aromatic nitrogens is 1. The Labute approximate surface area is 87.6 Å². The Hall–Kier alpha value is -1.11. The van der Waals surface area contributed by atoms with E-state index in [0.717, 1.165) is 14.5 Å². The monoisotopic (exact) mass is 287 g/mol. The first-order chi connectivity index (χ1) is 6.22. The van der Waals surface area contributed by atoms with E-state index in [1.807, 2.05) is 18.2 Å². The van der Waals surface area contributed by atoms with Gasteiger partial charge in [-0.25, -0.2) is 5.53 Å². The maximum atomic E-state index is 9.35. The Balaban J connectivity index is 2.88. The van der Waals surface area contributed by atoms with Crippen LogP contribution in [-0.2, 0) is 0 Å². The van der Waals surface area contributed by atoms with E-state index in [0.29, 0.717) is 5.69 Å². The summed E-state index contributed by atoms with van der Waals surface area (Å²) in [6.45, 7) is 0. The third kappa shape index (κ3) is 1.28. The average molecular weight is 287 g/mol. The molecule has 2 rings (SSSR count). The molecule has 13 heavy (non-hydrogen) atoms. The normalized spacial score (nSPS) is 10.5. The molecule has 4 nitrogen and oxygen atoms in total. The van der Waals surface area contributed by atoms with Gasteiger partial charge in [0.25, 0.3) is 0 Å². The smallest absolute Gasteiger partial charge is 0.218 e. The quantitative estimate of drug-likeness (QED) is 0.547. The summed E-state index contributed by atoms with van der Waals surface area (Å²) in [6, 6.07) is 5.65. The molecule has 0 spiro atoms. The predicted molar refractivity (Wildman–Crippen MR) is 57.5 cm³/mol. The van der Waals surface area contributed by atoms with E-state index in [-0.39, 0.29) is 5.88 Å². The Bertz CT molecular complexity index is 477. The summed E-state index contributed by atoms with van der Waals surface area (Å²) >= 11 is 2.17. The molecule has 66 valence electrons. The second kappa shape index (κ2) is 2.99. The summed E-state index contributed by atoms with van der Waals surface area (Å²) in [5.41, 5.74) is 7.99. The van der Waals surface area contributed by atoms with Gasteiger partial charge in [-0.3, -0.25) is 0 Å². The second-order valence-electron chi connectivity index (χ2n) is 2.62. The number of nitrogens with zero attached hydrogens (tertiary/aromatic N) is 1. The fraction of sp³-hybridized carbons (Fsp3) is 0. The molecule has 1 heterocycles. The number of hydrogen-bond donors (Lipinski definition) is 3. The highest BCUT2D eigenvalue weighted by Crippen LogP contribution is 2.35. The molecule has 0 saturated heterocycles. The maximum absolute atomic E-state index is 9.35. The number of aromatic amines is 1. The molecule has 1 aromatic carbocycles. The van der Waals surface area contributed by atoms with E-state index in [1.165, 1.54) is 0 Å². The molecule has 3 N–H and O–H groups in total. The van der Waals surface area contributed by atoms with Crippen molar-refractivity contribution in [1.82, 2.24) is 4.98 Å². The first-order valence-electron chi connectivity index (χ1n) is 3.60. The Kier molecular flexibility index (Phi) is 1.95. The van der Waals surface area contributed by atoms with E-state index in [4.69, 9.17) is 5.53 Å². The number of benzene rings is 1. The number of hydrogen-bond acceptors (Lipinski definition) is 3. The minimum absolute atomic E-state index is 0.0491. The summed E-state index contributed by atoms with van der Waals surface area (Å²) in [7, 11) is 0. The lowest BCUT2D eigenvalue weighted by molar-refractivity contribution is 0.459. The lowest BCUT2D eigenvalue weighted by Gasteiger charge is -1.91. The van der Waals surface area contributed by atoms with Crippen LogP contribution in [0, 0.1) is 9.10 Å². The van der Waals surface area contributed by atoms with Crippen LogP contribution < -0.4 is 0 Å². The lowest BCUT2D eigenvalue weighted by atomic mass is 10.2.